The van der Waals surface area contributed by atoms with E-state index in [0.29, 0.717) is 6.61 Å². The summed E-state index contributed by atoms with van der Waals surface area (Å²) in [6.45, 7) is 3.58. The maximum Gasteiger partial charge on any atom is 0.118 e. The lowest BCUT2D eigenvalue weighted by Crippen LogP contribution is -1.98. The van der Waals surface area contributed by atoms with Crippen molar-refractivity contribution in [2.24, 2.45) is 0 Å². The van der Waals surface area contributed by atoms with Crippen LogP contribution in [0, 0.1) is 0 Å². The number of hydrogen-bond donors (Lipinski definition) is 1. The molecule has 0 spiro atoms. The number of H-pyrrole nitrogens is 1. The number of nitrogens with zero attached hydrogens (tertiary/aromatic N) is 2. The minimum Gasteiger partial charge on any atom is -0.375 e. The molecule has 0 saturated carbocycles. The standard InChI is InChI=1S/C18H27N3O/c1-2-3-4-5-6-7-11-14-22-15-17-18(20-21-19-17)16-12-9-8-10-13-16/h8-10,12-13H,2-7,11,14-15H2,1H3,(H,19,20,21). The van der Waals surface area contributed by atoms with Gasteiger partial charge in [-0.15, -0.1) is 0 Å². The Balaban J connectivity index is 1.63. The van der Waals surface area contributed by atoms with Crippen molar-refractivity contribution in [3.05, 3.63) is 36.0 Å². The van der Waals surface area contributed by atoms with Gasteiger partial charge in [0.1, 0.15) is 11.4 Å². The summed E-state index contributed by atoms with van der Waals surface area (Å²) in [7, 11) is 0. The van der Waals surface area contributed by atoms with Crippen LogP contribution in [0.4, 0.5) is 0 Å². The van der Waals surface area contributed by atoms with Gasteiger partial charge in [0.25, 0.3) is 0 Å². The molecule has 4 heteroatoms. The summed E-state index contributed by atoms with van der Waals surface area (Å²) in [5.41, 5.74) is 2.85. The quantitative estimate of drug-likeness (QED) is 0.610. The van der Waals surface area contributed by atoms with Crippen LogP contribution in [-0.2, 0) is 11.3 Å². The molecule has 0 aliphatic heterocycles. The van der Waals surface area contributed by atoms with E-state index >= 15 is 0 Å². The highest BCUT2D eigenvalue weighted by molar-refractivity contribution is 5.60. The molecule has 0 unspecified atom stereocenters. The predicted octanol–water partition coefficient (Wildman–Crippen LogP) is 4.74. The van der Waals surface area contributed by atoms with Gasteiger partial charge in [0.15, 0.2) is 0 Å². The van der Waals surface area contributed by atoms with Crippen molar-refractivity contribution < 1.29 is 4.74 Å². The molecule has 1 aromatic carbocycles. The molecule has 0 fully saturated rings. The van der Waals surface area contributed by atoms with Gasteiger partial charge >= 0.3 is 0 Å². The van der Waals surface area contributed by atoms with Crippen LogP contribution in [0.25, 0.3) is 11.3 Å². The summed E-state index contributed by atoms with van der Waals surface area (Å²) in [6.07, 6.45) is 9.11. The first-order chi connectivity index (χ1) is 10.9. The van der Waals surface area contributed by atoms with Crippen LogP contribution in [0.1, 0.15) is 57.6 Å². The van der Waals surface area contributed by atoms with Gasteiger partial charge in [0, 0.05) is 12.2 Å². The van der Waals surface area contributed by atoms with E-state index in [4.69, 9.17) is 4.74 Å². The summed E-state index contributed by atoms with van der Waals surface area (Å²) in [4.78, 5) is 0. The van der Waals surface area contributed by atoms with Gasteiger partial charge in [0.05, 0.1) is 6.61 Å². The summed E-state index contributed by atoms with van der Waals surface area (Å²) >= 11 is 0. The molecule has 0 aliphatic carbocycles. The zero-order valence-electron chi connectivity index (χ0n) is 13.6. The van der Waals surface area contributed by atoms with Crippen LogP contribution in [0.5, 0.6) is 0 Å². The second-order valence-electron chi connectivity index (χ2n) is 5.66. The molecule has 2 aromatic rings. The molecule has 1 aromatic heterocycles. The average molecular weight is 301 g/mol. The third kappa shape index (κ3) is 5.60. The number of hydrogen-bond acceptors (Lipinski definition) is 3. The topological polar surface area (TPSA) is 50.8 Å². The zero-order chi connectivity index (χ0) is 15.5. The fourth-order valence-corrected chi connectivity index (χ4v) is 2.51. The summed E-state index contributed by atoms with van der Waals surface area (Å²) < 4.78 is 5.75. The third-order valence-electron chi connectivity index (χ3n) is 3.80. The van der Waals surface area contributed by atoms with E-state index in [1.54, 1.807) is 0 Å². The van der Waals surface area contributed by atoms with Crippen LogP contribution < -0.4 is 0 Å². The summed E-state index contributed by atoms with van der Waals surface area (Å²) in [5, 5.41) is 11.1. The van der Waals surface area contributed by atoms with Crippen LogP contribution in [0.15, 0.2) is 30.3 Å². The zero-order valence-corrected chi connectivity index (χ0v) is 13.6. The number of aromatic amines is 1. The lowest BCUT2D eigenvalue weighted by Gasteiger charge is -2.04. The lowest BCUT2D eigenvalue weighted by atomic mass is 10.1. The second kappa shape index (κ2) is 10.1. The maximum atomic E-state index is 5.75. The van der Waals surface area contributed by atoms with Gasteiger partial charge < -0.3 is 4.74 Å². The van der Waals surface area contributed by atoms with E-state index in [2.05, 4.69) is 22.3 Å². The fourth-order valence-electron chi connectivity index (χ4n) is 2.51. The van der Waals surface area contributed by atoms with E-state index < -0.39 is 0 Å². The molecular weight excluding hydrogens is 274 g/mol. The molecule has 120 valence electrons. The molecule has 0 saturated heterocycles. The van der Waals surface area contributed by atoms with Gasteiger partial charge in [-0.3, -0.25) is 0 Å². The van der Waals surface area contributed by atoms with Gasteiger partial charge in [0.2, 0.25) is 0 Å². The van der Waals surface area contributed by atoms with Crippen molar-refractivity contribution in [3.8, 4) is 11.3 Å². The first kappa shape index (κ1) is 16.7. The van der Waals surface area contributed by atoms with E-state index in [9.17, 15) is 0 Å². The molecule has 22 heavy (non-hydrogen) atoms. The highest BCUT2D eigenvalue weighted by Crippen LogP contribution is 2.19. The molecule has 0 atom stereocenters. The van der Waals surface area contributed by atoms with Crippen molar-refractivity contribution in [2.75, 3.05) is 6.61 Å². The van der Waals surface area contributed by atoms with Crippen molar-refractivity contribution in [2.45, 2.75) is 58.5 Å². The number of rotatable bonds is 11. The number of nitrogens with one attached hydrogen (secondary N) is 1. The SMILES string of the molecule is CCCCCCCCCOCc1n[nH]nc1-c1ccccc1. The Morgan fingerprint density at radius 3 is 2.41 bits per heavy atom. The first-order valence-corrected chi connectivity index (χ1v) is 8.44. The Morgan fingerprint density at radius 2 is 1.64 bits per heavy atom. The van der Waals surface area contributed by atoms with Gasteiger partial charge in [-0.25, -0.2) is 0 Å². The largest absolute Gasteiger partial charge is 0.375 e. The Labute approximate surface area is 133 Å². The Hall–Kier alpha value is -1.68. The number of aromatic nitrogens is 3. The van der Waals surface area contributed by atoms with E-state index in [1.165, 1.54) is 38.5 Å². The Bertz CT molecular complexity index is 510. The lowest BCUT2D eigenvalue weighted by molar-refractivity contribution is 0.114. The molecule has 0 radical (unpaired) electrons. The second-order valence-corrected chi connectivity index (χ2v) is 5.66. The average Bonchev–Trinajstić information content (AvgIpc) is 3.02. The monoisotopic (exact) mass is 301 g/mol. The van der Waals surface area contributed by atoms with Crippen LogP contribution in [0.2, 0.25) is 0 Å². The highest BCUT2D eigenvalue weighted by Gasteiger charge is 2.09. The molecule has 0 bridgehead atoms. The highest BCUT2D eigenvalue weighted by atomic mass is 16.5. The van der Waals surface area contributed by atoms with E-state index in [0.717, 1.165) is 30.0 Å². The van der Waals surface area contributed by atoms with E-state index in [-0.39, 0.29) is 0 Å². The van der Waals surface area contributed by atoms with Crippen molar-refractivity contribution >= 4 is 0 Å². The van der Waals surface area contributed by atoms with Gasteiger partial charge in [-0.05, 0) is 6.42 Å². The van der Waals surface area contributed by atoms with Crippen LogP contribution >= 0.6 is 0 Å². The molecule has 4 nitrogen and oxygen atoms in total. The van der Waals surface area contributed by atoms with Crippen molar-refractivity contribution in [1.82, 2.24) is 15.4 Å². The van der Waals surface area contributed by atoms with Crippen LogP contribution in [0.3, 0.4) is 0 Å². The van der Waals surface area contributed by atoms with Crippen LogP contribution in [-0.4, -0.2) is 22.0 Å². The Morgan fingerprint density at radius 1 is 0.909 bits per heavy atom. The van der Waals surface area contributed by atoms with Gasteiger partial charge in [-0.2, -0.15) is 15.4 Å². The van der Waals surface area contributed by atoms with E-state index in [1.807, 2.05) is 30.3 Å². The first-order valence-electron chi connectivity index (χ1n) is 8.44. The van der Waals surface area contributed by atoms with Crippen molar-refractivity contribution in [1.29, 1.82) is 0 Å². The summed E-state index contributed by atoms with van der Waals surface area (Å²) in [5.74, 6) is 0. The Kier molecular flexibility index (Phi) is 7.67. The van der Waals surface area contributed by atoms with Crippen molar-refractivity contribution in [3.63, 3.8) is 0 Å². The smallest absolute Gasteiger partial charge is 0.118 e. The molecule has 0 aliphatic rings. The maximum absolute atomic E-state index is 5.75. The minimum atomic E-state index is 0.524. The number of benzene rings is 1. The summed E-state index contributed by atoms with van der Waals surface area (Å²) in [6, 6.07) is 10.1. The fraction of sp³-hybridized carbons (Fsp3) is 0.556. The number of ether oxygens (including phenoxy) is 1. The molecule has 1 N–H and O–H groups in total. The minimum absolute atomic E-state index is 0.524. The normalized spacial score (nSPS) is 11.0. The predicted molar refractivity (Wildman–Crippen MR) is 89.5 cm³/mol. The molecular formula is C18H27N3O. The third-order valence-corrected chi connectivity index (χ3v) is 3.80. The molecule has 1 heterocycles. The molecule has 2 rings (SSSR count). The molecule has 0 amide bonds. The van der Waals surface area contributed by atoms with Gasteiger partial charge in [-0.1, -0.05) is 75.8 Å². The number of unbranched alkanes of at least 4 members (excludes halogenated alkanes) is 6.